The van der Waals surface area contributed by atoms with Crippen LogP contribution in [0.5, 0.6) is 17.2 Å². The van der Waals surface area contributed by atoms with E-state index in [1.807, 2.05) is 60.4 Å². The third kappa shape index (κ3) is 7.23. The number of methoxy groups -OCH3 is 1. The maximum Gasteiger partial charge on any atom is 0.161 e. The minimum atomic E-state index is -0.803. The third-order valence-corrected chi connectivity index (χ3v) is 6.51. The van der Waals surface area contributed by atoms with Crippen molar-refractivity contribution in [2.45, 2.75) is 51.8 Å². The summed E-state index contributed by atoms with van der Waals surface area (Å²) in [6, 6.07) is 14.1. The second-order valence-electron chi connectivity index (χ2n) is 9.57. The fourth-order valence-corrected chi connectivity index (χ4v) is 4.42. The topological polar surface area (TPSA) is 69.0 Å². The van der Waals surface area contributed by atoms with Crippen molar-refractivity contribution < 1.29 is 19.3 Å². The van der Waals surface area contributed by atoms with E-state index in [1.54, 1.807) is 7.11 Å². The molecule has 0 aliphatic carbocycles. The van der Waals surface area contributed by atoms with Crippen molar-refractivity contribution in [2.75, 3.05) is 33.4 Å². The first-order valence-electron chi connectivity index (χ1n) is 12.4. The van der Waals surface area contributed by atoms with Crippen LogP contribution in [0.15, 0.2) is 54.9 Å². The molecule has 0 amide bonds. The number of likely N-dealkylation sites (tertiary alicyclic amines) is 1. The van der Waals surface area contributed by atoms with Crippen molar-refractivity contribution in [3.8, 4) is 17.2 Å². The Kier molecular flexibility index (Phi) is 8.31. The predicted octanol–water partition coefficient (Wildman–Crippen LogP) is 4.38. The van der Waals surface area contributed by atoms with Crippen LogP contribution in [0.25, 0.3) is 0 Å². The van der Waals surface area contributed by atoms with Gasteiger partial charge in [0.15, 0.2) is 11.5 Å². The Bertz CT molecular complexity index is 1080. The smallest absolute Gasteiger partial charge is 0.161 e. The standard InChI is InChI=1S/C28H37N3O4/c1-22-5-8-25(9-6-22)35-21-28(32)11-4-13-30(14-12-28)20-24-7-10-26(27(17-24)33-3)34-16-15-31-19-23(2)18-29-31/h5-10,17-19,32H,4,11-16,20-21H2,1-3H3/t28-/m0/s1. The fourth-order valence-electron chi connectivity index (χ4n) is 4.42. The number of nitrogens with zero attached hydrogens (tertiary/aromatic N) is 3. The molecule has 1 N–H and O–H groups in total. The molecule has 1 saturated heterocycles. The van der Waals surface area contributed by atoms with E-state index >= 15 is 0 Å². The zero-order chi connectivity index (χ0) is 24.7. The van der Waals surface area contributed by atoms with E-state index in [9.17, 15) is 5.11 Å². The summed E-state index contributed by atoms with van der Waals surface area (Å²) in [7, 11) is 1.67. The average Bonchev–Trinajstić information content (AvgIpc) is 3.18. The highest BCUT2D eigenvalue weighted by Crippen LogP contribution is 2.30. The molecule has 1 fully saturated rings. The van der Waals surface area contributed by atoms with Gasteiger partial charge in [-0.3, -0.25) is 9.58 Å². The summed E-state index contributed by atoms with van der Waals surface area (Å²) in [5.74, 6) is 2.27. The number of aliphatic hydroxyl groups is 1. The maximum atomic E-state index is 11.1. The van der Waals surface area contributed by atoms with Crippen molar-refractivity contribution in [3.63, 3.8) is 0 Å². The summed E-state index contributed by atoms with van der Waals surface area (Å²) >= 11 is 0. The summed E-state index contributed by atoms with van der Waals surface area (Å²) in [4.78, 5) is 2.39. The Balaban J connectivity index is 1.28. The van der Waals surface area contributed by atoms with Crippen molar-refractivity contribution >= 4 is 0 Å². The van der Waals surface area contributed by atoms with E-state index < -0.39 is 5.60 Å². The van der Waals surface area contributed by atoms with Crippen LogP contribution in [-0.2, 0) is 13.1 Å². The van der Waals surface area contributed by atoms with Crippen LogP contribution in [0, 0.1) is 13.8 Å². The summed E-state index contributed by atoms with van der Waals surface area (Å²) in [6.45, 7) is 8.16. The molecule has 7 nitrogen and oxygen atoms in total. The minimum absolute atomic E-state index is 0.321. The lowest BCUT2D eigenvalue weighted by Crippen LogP contribution is -2.37. The first-order chi connectivity index (χ1) is 16.9. The van der Waals surface area contributed by atoms with Crippen LogP contribution >= 0.6 is 0 Å². The minimum Gasteiger partial charge on any atom is -0.493 e. The van der Waals surface area contributed by atoms with Gasteiger partial charge in [0.1, 0.15) is 19.0 Å². The summed E-state index contributed by atoms with van der Waals surface area (Å²) in [6.07, 6.45) is 6.20. The lowest BCUT2D eigenvalue weighted by Gasteiger charge is -2.27. The van der Waals surface area contributed by atoms with Crippen molar-refractivity contribution in [2.24, 2.45) is 0 Å². The van der Waals surface area contributed by atoms with Crippen LogP contribution in [-0.4, -0.2) is 58.8 Å². The Labute approximate surface area is 208 Å². The molecule has 1 atom stereocenters. The molecule has 35 heavy (non-hydrogen) atoms. The molecular formula is C28H37N3O4. The number of hydrogen-bond donors (Lipinski definition) is 1. The highest BCUT2D eigenvalue weighted by Gasteiger charge is 2.31. The monoisotopic (exact) mass is 479 g/mol. The van der Waals surface area contributed by atoms with Gasteiger partial charge in [0.05, 0.1) is 25.5 Å². The second-order valence-corrected chi connectivity index (χ2v) is 9.57. The lowest BCUT2D eigenvalue weighted by atomic mass is 9.96. The van der Waals surface area contributed by atoms with E-state index in [0.717, 1.165) is 55.3 Å². The molecule has 2 aromatic carbocycles. The van der Waals surface area contributed by atoms with E-state index in [2.05, 4.69) is 23.0 Å². The van der Waals surface area contributed by atoms with Crippen LogP contribution in [0.1, 0.15) is 36.0 Å². The lowest BCUT2D eigenvalue weighted by molar-refractivity contribution is -0.0168. The third-order valence-electron chi connectivity index (χ3n) is 6.51. The van der Waals surface area contributed by atoms with Crippen molar-refractivity contribution in [1.29, 1.82) is 0 Å². The SMILES string of the molecule is COc1cc(CN2CCC[C@@](O)(COc3ccc(C)cc3)CC2)ccc1OCCn1cc(C)cn1. The quantitative estimate of drug-likeness (QED) is 0.465. The Hall–Kier alpha value is -3.03. The van der Waals surface area contributed by atoms with Gasteiger partial charge < -0.3 is 19.3 Å². The Morgan fingerprint density at radius 3 is 2.54 bits per heavy atom. The molecule has 3 aromatic rings. The first kappa shape index (κ1) is 25.1. The molecule has 1 aliphatic heterocycles. The second kappa shape index (κ2) is 11.6. The number of hydrogen-bond acceptors (Lipinski definition) is 6. The van der Waals surface area contributed by atoms with Gasteiger partial charge in [-0.25, -0.2) is 0 Å². The molecule has 0 bridgehead atoms. The summed E-state index contributed by atoms with van der Waals surface area (Å²) < 4.78 is 19.3. The van der Waals surface area contributed by atoms with Crippen LogP contribution < -0.4 is 14.2 Å². The van der Waals surface area contributed by atoms with Gasteiger partial charge in [-0.2, -0.15) is 5.10 Å². The van der Waals surface area contributed by atoms with E-state index in [1.165, 1.54) is 11.1 Å². The summed E-state index contributed by atoms with van der Waals surface area (Å²) in [5, 5.41) is 15.4. The Morgan fingerprint density at radius 2 is 1.80 bits per heavy atom. The molecule has 188 valence electrons. The molecule has 2 heterocycles. The van der Waals surface area contributed by atoms with Crippen molar-refractivity contribution in [3.05, 3.63) is 71.5 Å². The first-order valence-corrected chi connectivity index (χ1v) is 12.4. The summed E-state index contributed by atoms with van der Waals surface area (Å²) in [5.41, 5.74) is 2.69. The van der Waals surface area contributed by atoms with Gasteiger partial charge in [-0.1, -0.05) is 23.8 Å². The number of ether oxygens (including phenoxy) is 3. The Morgan fingerprint density at radius 1 is 0.971 bits per heavy atom. The van der Waals surface area contributed by atoms with Gasteiger partial charge >= 0.3 is 0 Å². The molecule has 1 aromatic heterocycles. The number of aromatic nitrogens is 2. The van der Waals surface area contributed by atoms with Crippen LogP contribution in [0.4, 0.5) is 0 Å². The van der Waals surface area contributed by atoms with Gasteiger partial charge in [0.25, 0.3) is 0 Å². The van der Waals surface area contributed by atoms with E-state index in [-0.39, 0.29) is 0 Å². The molecule has 0 saturated carbocycles. The van der Waals surface area contributed by atoms with Gasteiger partial charge in [0, 0.05) is 19.3 Å². The highest BCUT2D eigenvalue weighted by molar-refractivity contribution is 5.43. The molecule has 4 rings (SSSR count). The van der Waals surface area contributed by atoms with E-state index in [4.69, 9.17) is 14.2 Å². The average molecular weight is 480 g/mol. The molecule has 0 radical (unpaired) electrons. The molecule has 1 aliphatic rings. The largest absolute Gasteiger partial charge is 0.493 e. The fraction of sp³-hybridized carbons (Fsp3) is 0.464. The van der Waals surface area contributed by atoms with Gasteiger partial charge in [0.2, 0.25) is 0 Å². The van der Waals surface area contributed by atoms with E-state index in [0.29, 0.717) is 26.2 Å². The van der Waals surface area contributed by atoms with Crippen molar-refractivity contribution in [1.82, 2.24) is 14.7 Å². The van der Waals surface area contributed by atoms with Crippen LogP contribution in [0.2, 0.25) is 0 Å². The van der Waals surface area contributed by atoms with Gasteiger partial charge in [-0.15, -0.1) is 0 Å². The zero-order valence-corrected chi connectivity index (χ0v) is 21.1. The van der Waals surface area contributed by atoms with Gasteiger partial charge in [-0.05, 0) is 75.0 Å². The normalized spacial score (nSPS) is 18.7. The number of benzene rings is 2. The predicted molar refractivity (Wildman–Crippen MR) is 136 cm³/mol. The maximum absolute atomic E-state index is 11.1. The van der Waals surface area contributed by atoms with Crippen LogP contribution in [0.3, 0.4) is 0 Å². The highest BCUT2D eigenvalue weighted by atomic mass is 16.5. The molecule has 0 unspecified atom stereocenters. The molecular weight excluding hydrogens is 442 g/mol. The molecule has 0 spiro atoms. The zero-order valence-electron chi connectivity index (χ0n) is 21.1. The molecule has 7 heteroatoms. The number of aryl methyl sites for hydroxylation is 2. The number of rotatable bonds is 10.